The lowest BCUT2D eigenvalue weighted by atomic mass is 10.1. The number of rotatable bonds is 3. The van der Waals surface area contributed by atoms with Crippen LogP contribution in [0.25, 0.3) is 0 Å². The predicted octanol–water partition coefficient (Wildman–Crippen LogP) is 2.62. The third-order valence-corrected chi connectivity index (χ3v) is 6.08. The second-order valence-electron chi connectivity index (χ2n) is 6.91. The molecular formula is C20H23N3O2S. The van der Waals surface area contributed by atoms with E-state index in [-0.39, 0.29) is 11.8 Å². The van der Waals surface area contributed by atoms with Crippen molar-refractivity contribution in [3.05, 3.63) is 51.7 Å². The van der Waals surface area contributed by atoms with E-state index in [4.69, 9.17) is 0 Å². The number of piperazine rings is 1. The molecule has 6 heteroatoms. The summed E-state index contributed by atoms with van der Waals surface area (Å²) in [6.45, 7) is 6.62. The Morgan fingerprint density at radius 2 is 1.88 bits per heavy atom. The van der Waals surface area contributed by atoms with Crippen molar-refractivity contribution in [2.75, 3.05) is 37.6 Å². The number of hydrogen-bond acceptors (Lipinski definition) is 4. The van der Waals surface area contributed by atoms with Crippen molar-refractivity contribution in [1.82, 2.24) is 9.80 Å². The van der Waals surface area contributed by atoms with Crippen LogP contribution in [0, 0.1) is 0 Å². The topological polar surface area (TPSA) is 43.9 Å². The Kier molecular flexibility index (Phi) is 4.78. The summed E-state index contributed by atoms with van der Waals surface area (Å²) >= 11 is 1.78. The van der Waals surface area contributed by atoms with Crippen LogP contribution in [-0.4, -0.2) is 54.3 Å². The summed E-state index contributed by atoms with van der Waals surface area (Å²) in [7, 11) is 0. The van der Waals surface area contributed by atoms with Gasteiger partial charge in [0.15, 0.2) is 0 Å². The van der Waals surface area contributed by atoms with E-state index in [1.54, 1.807) is 23.2 Å². The molecule has 4 rings (SSSR count). The summed E-state index contributed by atoms with van der Waals surface area (Å²) in [4.78, 5) is 32.0. The third-order valence-electron chi connectivity index (χ3n) is 5.22. The maximum absolute atomic E-state index is 12.9. The number of nitrogens with zero attached hydrogens (tertiary/aromatic N) is 3. The summed E-state index contributed by atoms with van der Waals surface area (Å²) in [6.07, 6.45) is 0.824. The van der Waals surface area contributed by atoms with Gasteiger partial charge in [-0.2, -0.15) is 0 Å². The summed E-state index contributed by atoms with van der Waals surface area (Å²) < 4.78 is 0. The monoisotopic (exact) mass is 369 g/mol. The van der Waals surface area contributed by atoms with E-state index in [0.29, 0.717) is 6.54 Å². The van der Waals surface area contributed by atoms with Crippen LogP contribution in [0.4, 0.5) is 5.69 Å². The molecule has 2 aromatic rings. The van der Waals surface area contributed by atoms with E-state index in [9.17, 15) is 9.59 Å². The van der Waals surface area contributed by atoms with Crippen molar-refractivity contribution in [3.63, 3.8) is 0 Å². The molecule has 2 aliphatic heterocycles. The van der Waals surface area contributed by atoms with E-state index in [0.717, 1.165) is 56.0 Å². The molecule has 0 saturated carbocycles. The number of benzene rings is 1. The van der Waals surface area contributed by atoms with Crippen LogP contribution in [0.3, 0.4) is 0 Å². The zero-order valence-corrected chi connectivity index (χ0v) is 15.8. The first-order chi connectivity index (χ1) is 12.6. The Morgan fingerprint density at radius 3 is 2.58 bits per heavy atom. The molecule has 0 atom stereocenters. The van der Waals surface area contributed by atoms with E-state index in [1.807, 2.05) is 23.1 Å². The fourth-order valence-electron chi connectivity index (χ4n) is 3.78. The highest BCUT2D eigenvalue weighted by molar-refractivity contribution is 7.09. The van der Waals surface area contributed by atoms with E-state index in [1.165, 1.54) is 4.88 Å². The van der Waals surface area contributed by atoms with Gasteiger partial charge in [0.05, 0.1) is 0 Å². The summed E-state index contributed by atoms with van der Waals surface area (Å²) in [6, 6.07) is 10.0. The highest BCUT2D eigenvalue weighted by atomic mass is 32.1. The van der Waals surface area contributed by atoms with Crippen LogP contribution >= 0.6 is 11.3 Å². The van der Waals surface area contributed by atoms with Gasteiger partial charge in [-0.1, -0.05) is 6.07 Å². The van der Waals surface area contributed by atoms with Crippen LogP contribution in [0.1, 0.15) is 27.7 Å². The summed E-state index contributed by atoms with van der Waals surface area (Å²) in [5.41, 5.74) is 2.79. The molecule has 2 aliphatic rings. The Balaban J connectivity index is 1.39. The van der Waals surface area contributed by atoms with E-state index in [2.05, 4.69) is 22.4 Å². The van der Waals surface area contributed by atoms with Gasteiger partial charge in [0.25, 0.3) is 5.91 Å². The Bertz CT molecular complexity index is 810. The second kappa shape index (κ2) is 7.21. The first-order valence-corrected chi connectivity index (χ1v) is 9.95. The molecule has 1 saturated heterocycles. The molecule has 3 heterocycles. The van der Waals surface area contributed by atoms with Gasteiger partial charge in [0, 0.05) is 62.3 Å². The maximum Gasteiger partial charge on any atom is 0.253 e. The van der Waals surface area contributed by atoms with Gasteiger partial charge in [-0.25, -0.2) is 0 Å². The largest absolute Gasteiger partial charge is 0.336 e. The average molecular weight is 369 g/mol. The minimum atomic E-state index is 0.0599. The predicted molar refractivity (Wildman–Crippen MR) is 104 cm³/mol. The lowest BCUT2D eigenvalue weighted by molar-refractivity contribution is -0.116. The summed E-state index contributed by atoms with van der Waals surface area (Å²) in [5.74, 6) is 0.162. The Labute approximate surface area is 157 Å². The van der Waals surface area contributed by atoms with Crippen LogP contribution in [-0.2, 0) is 17.8 Å². The molecule has 0 N–H and O–H groups in total. The zero-order chi connectivity index (χ0) is 18.1. The molecule has 0 bridgehead atoms. The number of amides is 2. The fourth-order valence-corrected chi connectivity index (χ4v) is 4.52. The molecule has 5 nitrogen and oxygen atoms in total. The lowest BCUT2D eigenvalue weighted by Gasteiger charge is -2.34. The van der Waals surface area contributed by atoms with Gasteiger partial charge >= 0.3 is 0 Å². The quantitative estimate of drug-likeness (QED) is 0.835. The number of carbonyl (C=O) groups excluding carboxylic acids is 2. The number of hydrogen-bond donors (Lipinski definition) is 0. The van der Waals surface area contributed by atoms with Gasteiger partial charge in [0.2, 0.25) is 5.91 Å². The second-order valence-corrected chi connectivity index (χ2v) is 7.94. The minimum absolute atomic E-state index is 0.0599. The average Bonchev–Trinajstić information content (AvgIpc) is 3.30. The first kappa shape index (κ1) is 17.2. The smallest absolute Gasteiger partial charge is 0.253 e. The molecule has 1 fully saturated rings. The van der Waals surface area contributed by atoms with Gasteiger partial charge in [-0.3, -0.25) is 14.5 Å². The van der Waals surface area contributed by atoms with Crippen LogP contribution in [0.2, 0.25) is 0 Å². The molecule has 2 amide bonds. The van der Waals surface area contributed by atoms with Crippen molar-refractivity contribution >= 4 is 28.8 Å². The van der Waals surface area contributed by atoms with Crippen LogP contribution < -0.4 is 4.90 Å². The van der Waals surface area contributed by atoms with Gasteiger partial charge < -0.3 is 9.80 Å². The Hall–Kier alpha value is -2.18. The number of carbonyl (C=O) groups is 2. The van der Waals surface area contributed by atoms with Gasteiger partial charge in [-0.15, -0.1) is 11.3 Å². The number of anilines is 1. The summed E-state index contributed by atoms with van der Waals surface area (Å²) in [5, 5.41) is 2.11. The molecule has 0 aliphatic carbocycles. The fraction of sp³-hybridized carbons (Fsp3) is 0.400. The number of fused-ring (bicyclic) bond motifs is 1. The normalized spacial score (nSPS) is 17.4. The van der Waals surface area contributed by atoms with E-state index >= 15 is 0 Å². The molecule has 0 unspecified atom stereocenters. The standard InChI is InChI=1S/C20H23N3O2S/c1-15(24)23-7-6-16-13-17(4-5-19(16)23)20(25)22-10-8-21(9-11-22)14-18-3-2-12-26-18/h2-5,12-13H,6-11,14H2,1H3. The molecule has 1 aromatic heterocycles. The molecule has 0 radical (unpaired) electrons. The molecule has 136 valence electrons. The van der Waals surface area contributed by atoms with Crippen molar-refractivity contribution in [3.8, 4) is 0 Å². The van der Waals surface area contributed by atoms with Crippen LogP contribution in [0.5, 0.6) is 0 Å². The van der Waals surface area contributed by atoms with Crippen molar-refractivity contribution in [2.45, 2.75) is 19.9 Å². The molecule has 26 heavy (non-hydrogen) atoms. The molecule has 1 aromatic carbocycles. The zero-order valence-electron chi connectivity index (χ0n) is 15.0. The third kappa shape index (κ3) is 3.39. The SMILES string of the molecule is CC(=O)N1CCc2cc(C(=O)N3CCN(Cc4cccs4)CC3)ccc21. The van der Waals surface area contributed by atoms with Gasteiger partial charge in [-0.05, 0) is 41.6 Å². The highest BCUT2D eigenvalue weighted by Crippen LogP contribution is 2.29. The molecular weight excluding hydrogens is 346 g/mol. The van der Waals surface area contributed by atoms with Crippen molar-refractivity contribution in [1.29, 1.82) is 0 Å². The van der Waals surface area contributed by atoms with E-state index < -0.39 is 0 Å². The highest BCUT2D eigenvalue weighted by Gasteiger charge is 2.26. The van der Waals surface area contributed by atoms with Gasteiger partial charge in [0.1, 0.15) is 0 Å². The Morgan fingerprint density at radius 1 is 1.08 bits per heavy atom. The van der Waals surface area contributed by atoms with Crippen molar-refractivity contribution in [2.24, 2.45) is 0 Å². The maximum atomic E-state index is 12.9. The lowest BCUT2D eigenvalue weighted by Crippen LogP contribution is -2.48. The molecule has 0 spiro atoms. The first-order valence-electron chi connectivity index (χ1n) is 9.07. The van der Waals surface area contributed by atoms with Crippen LogP contribution in [0.15, 0.2) is 35.7 Å². The van der Waals surface area contributed by atoms with Crippen molar-refractivity contribution < 1.29 is 9.59 Å². The number of thiophene rings is 1. The minimum Gasteiger partial charge on any atom is -0.336 e.